The number of aryl methyl sites for hydroxylation is 1. The Morgan fingerprint density at radius 2 is 1.78 bits per heavy atom. The Labute approximate surface area is 159 Å². The predicted octanol–water partition coefficient (Wildman–Crippen LogP) is 4.02. The van der Waals surface area contributed by atoms with Gasteiger partial charge in [0.25, 0.3) is 16.8 Å². The molecule has 8 heteroatoms. The van der Waals surface area contributed by atoms with E-state index in [4.69, 9.17) is 4.74 Å². The van der Waals surface area contributed by atoms with Gasteiger partial charge in [-0.05, 0) is 54.6 Å². The normalized spacial score (nSPS) is 15.4. The number of amides is 2. The lowest BCUT2D eigenvalue weighted by atomic mass is 10.2. The predicted molar refractivity (Wildman–Crippen MR) is 102 cm³/mol. The number of imide groups is 1. The van der Waals surface area contributed by atoms with Crippen LogP contribution in [0.25, 0.3) is 6.08 Å². The second kappa shape index (κ2) is 8.05. The quantitative estimate of drug-likeness (QED) is 0.424. The van der Waals surface area contributed by atoms with Crippen LogP contribution in [0.15, 0.2) is 53.4 Å². The van der Waals surface area contributed by atoms with E-state index in [1.54, 1.807) is 6.08 Å². The molecule has 1 aliphatic heterocycles. The third kappa shape index (κ3) is 4.53. The number of hydrogen-bond acceptors (Lipinski definition) is 6. The van der Waals surface area contributed by atoms with Crippen molar-refractivity contribution in [3.05, 3.63) is 74.7 Å². The number of hydrogen-bond donors (Lipinski definition) is 0. The first-order valence-corrected chi connectivity index (χ1v) is 8.95. The average molecular weight is 384 g/mol. The van der Waals surface area contributed by atoms with Crippen molar-refractivity contribution in [2.45, 2.75) is 6.92 Å². The van der Waals surface area contributed by atoms with Crippen LogP contribution in [0, 0.1) is 17.0 Å². The van der Waals surface area contributed by atoms with Gasteiger partial charge in [0.1, 0.15) is 12.4 Å². The number of benzene rings is 2. The highest BCUT2D eigenvalue weighted by Gasteiger charge is 2.34. The van der Waals surface area contributed by atoms with Crippen LogP contribution in [-0.4, -0.2) is 34.1 Å². The number of carbonyl (C=O) groups is 2. The van der Waals surface area contributed by atoms with Gasteiger partial charge < -0.3 is 4.74 Å². The monoisotopic (exact) mass is 384 g/mol. The number of thioether (sulfide) groups is 1. The molecule has 0 saturated carbocycles. The van der Waals surface area contributed by atoms with Crippen LogP contribution in [0.2, 0.25) is 0 Å². The average Bonchev–Trinajstić information content (AvgIpc) is 2.91. The number of rotatable bonds is 6. The Balaban J connectivity index is 1.62. The lowest BCUT2D eigenvalue weighted by Gasteiger charge is -2.13. The van der Waals surface area contributed by atoms with Crippen molar-refractivity contribution in [2.24, 2.45) is 0 Å². The molecule has 3 rings (SSSR count). The summed E-state index contributed by atoms with van der Waals surface area (Å²) < 4.78 is 5.57. The maximum Gasteiger partial charge on any atom is 0.293 e. The van der Waals surface area contributed by atoms with Gasteiger partial charge in [0.05, 0.1) is 16.4 Å². The first kappa shape index (κ1) is 18.7. The third-order valence-corrected chi connectivity index (χ3v) is 4.79. The van der Waals surface area contributed by atoms with E-state index in [2.05, 4.69) is 0 Å². The molecule has 2 aromatic rings. The van der Waals surface area contributed by atoms with Gasteiger partial charge in [0, 0.05) is 12.1 Å². The Hall–Kier alpha value is -3.13. The van der Waals surface area contributed by atoms with E-state index < -0.39 is 10.8 Å². The van der Waals surface area contributed by atoms with Gasteiger partial charge in [-0.15, -0.1) is 0 Å². The van der Waals surface area contributed by atoms with Crippen LogP contribution in [0.3, 0.4) is 0 Å². The molecule has 0 bridgehead atoms. The van der Waals surface area contributed by atoms with Crippen molar-refractivity contribution >= 4 is 34.7 Å². The van der Waals surface area contributed by atoms with Gasteiger partial charge in [0.2, 0.25) is 0 Å². The van der Waals surface area contributed by atoms with Gasteiger partial charge in [-0.25, -0.2) is 0 Å². The van der Waals surface area contributed by atoms with E-state index >= 15 is 0 Å². The Morgan fingerprint density at radius 1 is 1.11 bits per heavy atom. The topological polar surface area (TPSA) is 89.8 Å². The number of nitro groups is 1. The molecule has 0 aliphatic carbocycles. The van der Waals surface area contributed by atoms with Gasteiger partial charge in [-0.1, -0.05) is 17.7 Å². The van der Waals surface area contributed by atoms with E-state index in [1.165, 1.54) is 24.3 Å². The van der Waals surface area contributed by atoms with Crippen molar-refractivity contribution in [1.29, 1.82) is 0 Å². The molecule has 138 valence electrons. The van der Waals surface area contributed by atoms with E-state index in [-0.39, 0.29) is 29.0 Å². The van der Waals surface area contributed by atoms with Crippen molar-refractivity contribution in [1.82, 2.24) is 4.90 Å². The van der Waals surface area contributed by atoms with E-state index in [0.717, 1.165) is 22.2 Å². The van der Waals surface area contributed by atoms with Crippen LogP contribution in [0.1, 0.15) is 11.1 Å². The van der Waals surface area contributed by atoms with Crippen LogP contribution < -0.4 is 4.74 Å². The fourth-order valence-corrected chi connectivity index (χ4v) is 3.29. The lowest BCUT2D eigenvalue weighted by Crippen LogP contribution is -2.32. The third-order valence-electron chi connectivity index (χ3n) is 3.88. The van der Waals surface area contributed by atoms with Gasteiger partial charge >= 0.3 is 0 Å². The molecule has 0 spiro atoms. The van der Waals surface area contributed by atoms with Crippen LogP contribution >= 0.6 is 11.8 Å². The molecule has 1 aliphatic rings. The van der Waals surface area contributed by atoms with E-state index in [1.807, 2.05) is 31.2 Å². The summed E-state index contributed by atoms with van der Waals surface area (Å²) in [7, 11) is 0. The smallest absolute Gasteiger partial charge is 0.293 e. The van der Waals surface area contributed by atoms with Crippen molar-refractivity contribution < 1.29 is 19.2 Å². The van der Waals surface area contributed by atoms with Crippen LogP contribution in [-0.2, 0) is 4.79 Å². The number of nitrogens with zero attached hydrogens (tertiary/aromatic N) is 2. The van der Waals surface area contributed by atoms with Gasteiger partial charge in [-0.2, -0.15) is 0 Å². The first-order chi connectivity index (χ1) is 12.9. The molecule has 7 nitrogen and oxygen atoms in total. The van der Waals surface area contributed by atoms with E-state index in [0.29, 0.717) is 11.3 Å². The molecule has 2 aromatic carbocycles. The SMILES string of the molecule is Cc1ccc(OCCN2C(=O)S/C(=C\c3ccc([N+](=O)[O-])cc3)C2=O)cc1. The maximum absolute atomic E-state index is 12.4. The molecule has 0 N–H and O–H groups in total. The minimum Gasteiger partial charge on any atom is -0.492 e. The van der Waals surface area contributed by atoms with Gasteiger partial charge in [-0.3, -0.25) is 24.6 Å². The highest BCUT2D eigenvalue weighted by Crippen LogP contribution is 2.32. The van der Waals surface area contributed by atoms with Crippen LogP contribution in [0.5, 0.6) is 5.75 Å². The summed E-state index contributed by atoms with van der Waals surface area (Å²) >= 11 is 0.844. The summed E-state index contributed by atoms with van der Waals surface area (Å²) in [5.74, 6) is 0.282. The summed E-state index contributed by atoms with van der Waals surface area (Å²) in [4.78, 5) is 36.1. The molecular formula is C19H16N2O5S. The second-order valence-corrected chi connectivity index (χ2v) is 6.84. The Morgan fingerprint density at radius 3 is 2.41 bits per heavy atom. The first-order valence-electron chi connectivity index (χ1n) is 8.13. The van der Waals surface area contributed by atoms with Crippen molar-refractivity contribution in [2.75, 3.05) is 13.2 Å². The molecule has 2 amide bonds. The molecule has 0 aromatic heterocycles. The van der Waals surface area contributed by atoms with Gasteiger partial charge in [0.15, 0.2) is 0 Å². The number of nitro benzene ring substituents is 1. The molecular weight excluding hydrogens is 368 g/mol. The molecule has 0 atom stereocenters. The van der Waals surface area contributed by atoms with Crippen molar-refractivity contribution in [3.8, 4) is 5.75 Å². The highest BCUT2D eigenvalue weighted by molar-refractivity contribution is 8.18. The molecule has 1 heterocycles. The molecule has 1 fully saturated rings. The molecule has 0 unspecified atom stereocenters. The molecule has 1 saturated heterocycles. The summed E-state index contributed by atoms with van der Waals surface area (Å²) in [5.41, 5.74) is 1.69. The zero-order valence-electron chi connectivity index (χ0n) is 14.5. The second-order valence-electron chi connectivity index (χ2n) is 5.84. The molecule has 0 radical (unpaired) electrons. The summed E-state index contributed by atoms with van der Waals surface area (Å²) in [6, 6.07) is 13.3. The summed E-state index contributed by atoms with van der Waals surface area (Å²) in [5, 5.41) is 10.3. The zero-order chi connectivity index (χ0) is 19.4. The number of ether oxygens (including phenoxy) is 1. The summed E-state index contributed by atoms with van der Waals surface area (Å²) in [6.07, 6.45) is 1.55. The highest BCUT2D eigenvalue weighted by atomic mass is 32.2. The van der Waals surface area contributed by atoms with Crippen molar-refractivity contribution in [3.63, 3.8) is 0 Å². The summed E-state index contributed by atoms with van der Waals surface area (Å²) in [6.45, 7) is 2.32. The Kier molecular flexibility index (Phi) is 5.56. The zero-order valence-corrected chi connectivity index (χ0v) is 15.3. The fraction of sp³-hybridized carbons (Fsp3) is 0.158. The van der Waals surface area contributed by atoms with Crippen LogP contribution in [0.4, 0.5) is 10.5 Å². The molecule has 27 heavy (non-hydrogen) atoms. The number of carbonyl (C=O) groups excluding carboxylic acids is 2. The fourth-order valence-electron chi connectivity index (χ4n) is 2.43. The largest absolute Gasteiger partial charge is 0.492 e. The van der Waals surface area contributed by atoms with E-state index in [9.17, 15) is 19.7 Å². The standard InChI is InChI=1S/C19H16N2O5S/c1-13-2-8-16(9-3-13)26-11-10-20-18(22)17(27-19(20)23)12-14-4-6-15(7-5-14)21(24)25/h2-9,12H,10-11H2,1H3/b17-12-. The Bertz CT molecular complexity index is 907. The lowest BCUT2D eigenvalue weighted by molar-refractivity contribution is -0.384. The number of non-ortho nitro benzene ring substituents is 1. The minimum absolute atomic E-state index is 0.0338. The minimum atomic E-state index is -0.494. The maximum atomic E-state index is 12.4.